The van der Waals surface area contributed by atoms with Gasteiger partial charge in [-0.2, -0.15) is 0 Å². The normalized spacial score (nSPS) is 29.2. The van der Waals surface area contributed by atoms with Gasteiger partial charge in [0, 0.05) is 25.2 Å². The highest BCUT2D eigenvalue weighted by molar-refractivity contribution is 5.78. The van der Waals surface area contributed by atoms with E-state index in [-0.39, 0.29) is 5.91 Å². The fourth-order valence-corrected chi connectivity index (χ4v) is 3.59. The van der Waals surface area contributed by atoms with Gasteiger partial charge in [0.25, 0.3) is 0 Å². The number of tetrazole rings is 1. The fraction of sp³-hybridized carbons (Fsp3) is 0.857. The van der Waals surface area contributed by atoms with Gasteiger partial charge in [-0.05, 0) is 55.4 Å². The summed E-state index contributed by atoms with van der Waals surface area (Å²) in [7, 11) is 0. The maximum absolute atomic E-state index is 12.2. The van der Waals surface area contributed by atoms with Crippen LogP contribution >= 0.6 is 0 Å². The molecule has 0 unspecified atom stereocenters. The van der Waals surface area contributed by atoms with Crippen LogP contribution in [0.3, 0.4) is 0 Å². The maximum atomic E-state index is 12.2. The number of nitrogens with zero attached hydrogens (tertiary/aromatic N) is 5. The third-order valence-corrected chi connectivity index (χ3v) is 4.79. The molecule has 2 fully saturated rings. The Balaban J connectivity index is 1.39. The molecule has 0 spiro atoms. The van der Waals surface area contributed by atoms with Crippen molar-refractivity contribution in [3.05, 3.63) is 6.33 Å². The summed E-state index contributed by atoms with van der Waals surface area (Å²) in [5.74, 6) is 0.857. The van der Waals surface area contributed by atoms with Gasteiger partial charge in [0.05, 0.1) is 6.54 Å². The first-order valence-corrected chi connectivity index (χ1v) is 7.96. The minimum atomic E-state index is 0.254. The first-order valence-electron chi connectivity index (χ1n) is 7.96. The monoisotopic (exact) mass is 292 g/mol. The molecule has 7 heteroatoms. The molecule has 116 valence electrons. The lowest BCUT2D eigenvalue weighted by molar-refractivity contribution is -0.130. The number of hydrogen-bond acceptors (Lipinski definition) is 5. The van der Waals surface area contributed by atoms with E-state index in [0.717, 1.165) is 38.8 Å². The number of rotatable bonds is 5. The van der Waals surface area contributed by atoms with E-state index in [1.807, 2.05) is 4.90 Å². The number of likely N-dealkylation sites (tertiary alicyclic amines) is 1. The zero-order valence-corrected chi connectivity index (χ0v) is 12.6. The molecule has 2 aliphatic rings. The van der Waals surface area contributed by atoms with Crippen LogP contribution in [0.5, 0.6) is 0 Å². The molecule has 1 saturated carbocycles. The van der Waals surface area contributed by atoms with Crippen molar-refractivity contribution in [1.82, 2.24) is 30.4 Å². The minimum Gasteiger partial charge on any atom is -0.339 e. The van der Waals surface area contributed by atoms with E-state index >= 15 is 0 Å². The minimum absolute atomic E-state index is 0.254. The summed E-state index contributed by atoms with van der Waals surface area (Å²) in [5.41, 5.74) is 0. The van der Waals surface area contributed by atoms with Gasteiger partial charge in [0.2, 0.25) is 5.91 Å². The van der Waals surface area contributed by atoms with Crippen molar-refractivity contribution >= 4 is 5.91 Å². The average Bonchev–Trinajstić information content (AvgIpc) is 3.19. The van der Waals surface area contributed by atoms with Crippen LogP contribution in [0.1, 0.15) is 39.0 Å². The highest BCUT2D eigenvalue weighted by Gasteiger charge is 2.28. The molecule has 0 radical (unpaired) electrons. The lowest BCUT2D eigenvalue weighted by Gasteiger charge is -2.22. The second-order valence-corrected chi connectivity index (χ2v) is 6.37. The maximum Gasteiger partial charge on any atom is 0.236 e. The molecule has 1 saturated heterocycles. The molecule has 1 N–H and O–H groups in total. The van der Waals surface area contributed by atoms with Crippen LogP contribution in [0, 0.1) is 5.92 Å². The van der Waals surface area contributed by atoms with Crippen LogP contribution in [0.15, 0.2) is 6.33 Å². The van der Waals surface area contributed by atoms with E-state index in [2.05, 4.69) is 27.8 Å². The van der Waals surface area contributed by atoms with Crippen molar-refractivity contribution in [2.75, 3.05) is 13.1 Å². The molecule has 0 aromatic carbocycles. The van der Waals surface area contributed by atoms with E-state index in [0.29, 0.717) is 24.5 Å². The van der Waals surface area contributed by atoms with Crippen molar-refractivity contribution in [3.8, 4) is 0 Å². The van der Waals surface area contributed by atoms with Gasteiger partial charge in [-0.25, -0.2) is 4.68 Å². The Morgan fingerprint density at radius 1 is 1.38 bits per heavy atom. The van der Waals surface area contributed by atoms with E-state index in [1.165, 1.54) is 6.42 Å². The molecule has 0 bridgehead atoms. The molecule has 1 aliphatic heterocycles. The molecule has 1 amide bonds. The van der Waals surface area contributed by atoms with Crippen LogP contribution in [0.2, 0.25) is 0 Å². The van der Waals surface area contributed by atoms with Crippen LogP contribution in [0.4, 0.5) is 0 Å². The summed E-state index contributed by atoms with van der Waals surface area (Å²) in [5, 5.41) is 14.7. The Bertz CT molecular complexity index is 462. The van der Waals surface area contributed by atoms with Crippen LogP contribution < -0.4 is 5.32 Å². The number of hydrogen-bond donors (Lipinski definition) is 1. The summed E-state index contributed by atoms with van der Waals surface area (Å²) in [6.45, 7) is 4.42. The standard InChI is InChI=1S/C14H24N6O/c1-11-3-2-6-20(11)14(21)8-15-13-5-4-12(7-13)9-19-10-16-17-18-19/h10-13,15H,2-9H2,1H3/t11-,12-,13+/m1/s1. The topological polar surface area (TPSA) is 75.9 Å². The largest absolute Gasteiger partial charge is 0.339 e. The molecule has 7 nitrogen and oxygen atoms in total. The number of aromatic nitrogens is 4. The lowest BCUT2D eigenvalue weighted by atomic mass is 10.1. The predicted molar refractivity (Wildman–Crippen MR) is 77.4 cm³/mol. The lowest BCUT2D eigenvalue weighted by Crippen LogP contribution is -2.42. The second-order valence-electron chi connectivity index (χ2n) is 6.37. The Morgan fingerprint density at radius 2 is 2.29 bits per heavy atom. The van der Waals surface area contributed by atoms with E-state index < -0.39 is 0 Å². The molecular formula is C14H24N6O. The molecule has 3 rings (SSSR count). The van der Waals surface area contributed by atoms with Gasteiger partial charge >= 0.3 is 0 Å². The van der Waals surface area contributed by atoms with Crippen LogP contribution in [0.25, 0.3) is 0 Å². The Morgan fingerprint density at radius 3 is 3.00 bits per heavy atom. The number of carbonyl (C=O) groups is 1. The van der Waals surface area contributed by atoms with Crippen LogP contribution in [-0.4, -0.2) is 56.2 Å². The molecule has 1 aromatic heterocycles. The van der Waals surface area contributed by atoms with Gasteiger partial charge in [-0.3, -0.25) is 4.79 Å². The third kappa shape index (κ3) is 3.58. The summed E-state index contributed by atoms with van der Waals surface area (Å²) in [6.07, 6.45) is 7.36. The summed E-state index contributed by atoms with van der Waals surface area (Å²) in [6, 6.07) is 0.865. The zero-order valence-electron chi connectivity index (χ0n) is 12.6. The Kier molecular flexibility index (Phi) is 4.48. The van der Waals surface area contributed by atoms with Gasteiger partial charge in [0.1, 0.15) is 6.33 Å². The predicted octanol–water partition coefficient (Wildman–Crippen LogP) is 0.442. The van der Waals surface area contributed by atoms with Crippen LogP contribution in [-0.2, 0) is 11.3 Å². The highest BCUT2D eigenvalue weighted by Crippen LogP contribution is 2.26. The van der Waals surface area contributed by atoms with Crippen molar-refractivity contribution in [2.45, 2.75) is 57.7 Å². The first-order chi connectivity index (χ1) is 10.2. The van der Waals surface area contributed by atoms with Crippen molar-refractivity contribution < 1.29 is 4.79 Å². The van der Waals surface area contributed by atoms with E-state index in [4.69, 9.17) is 0 Å². The molecule has 1 aliphatic carbocycles. The van der Waals surface area contributed by atoms with Gasteiger partial charge in [-0.15, -0.1) is 5.10 Å². The molecule has 1 aromatic rings. The Hall–Kier alpha value is -1.50. The number of carbonyl (C=O) groups excluding carboxylic acids is 1. The van der Waals surface area contributed by atoms with Gasteiger partial charge < -0.3 is 10.2 Å². The molecular weight excluding hydrogens is 268 g/mol. The highest BCUT2D eigenvalue weighted by atomic mass is 16.2. The van der Waals surface area contributed by atoms with Gasteiger partial charge in [-0.1, -0.05) is 0 Å². The SMILES string of the molecule is C[C@@H]1CCCN1C(=O)CN[C@H]1CC[C@@H](Cn2cnnn2)C1. The van der Waals surface area contributed by atoms with Crippen molar-refractivity contribution in [1.29, 1.82) is 0 Å². The van der Waals surface area contributed by atoms with Gasteiger partial charge in [0.15, 0.2) is 0 Å². The third-order valence-electron chi connectivity index (χ3n) is 4.79. The molecule has 3 atom stereocenters. The smallest absolute Gasteiger partial charge is 0.236 e. The summed E-state index contributed by atoms with van der Waals surface area (Å²) < 4.78 is 1.80. The van der Waals surface area contributed by atoms with E-state index in [9.17, 15) is 4.79 Å². The Labute approximate surface area is 125 Å². The van der Waals surface area contributed by atoms with Crippen molar-refractivity contribution in [3.63, 3.8) is 0 Å². The summed E-state index contributed by atoms with van der Waals surface area (Å²) in [4.78, 5) is 14.2. The zero-order chi connectivity index (χ0) is 14.7. The average molecular weight is 292 g/mol. The number of amides is 1. The van der Waals surface area contributed by atoms with E-state index in [1.54, 1.807) is 11.0 Å². The quantitative estimate of drug-likeness (QED) is 0.852. The van der Waals surface area contributed by atoms with Crippen molar-refractivity contribution in [2.24, 2.45) is 5.92 Å². The summed E-state index contributed by atoms with van der Waals surface area (Å²) >= 11 is 0. The second kappa shape index (κ2) is 6.51. The number of nitrogens with one attached hydrogen (secondary N) is 1. The molecule has 2 heterocycles. The molecule has 21 heavy (non-hydrogen) atoms. The first kappa shape index (κ1) is 14.4. The fourth-order valence-electron chi connectivity index (χ4n) is 3.59.